The van der Waals surface area contributed by atoms with Crippen LogP contribution in [-0.4, -0.2) is 0 Å². The molecule has 23 heavy (non-hydrogen) atoms. The Kier molecular flexibility index (Phi) is 6.45. The van der Waals surface area contributed by atoms with Gasteiger partial charge in [0.1, 0.15) is 0 Å². The normalized spacial score (nSPS) is 18.0. The highest BCUT2D eigenvalue weighted by Gasteiger charge is 2.52. The van der Waals surface area contributed by atoms with Crippen LogP contribution in [0.15, 0.2) is 60.8 Å². The molecule has 0 saturated carbocycles. The van der Waals surface area contributed by atoms with Crippen LogP contribution in [0.3, 0.4) is 0 Å². The van der Waals surface area contributed by atoms with E-state index in [1.54, 1.807) is 0 Å². The van der Waals surface area contributed by atoms with Crippen molar-refractivity contribution < 1.29 is 0 Å². The van der Waals surface area contributed by atoms with Gasteiger partial charge in [0.2, 0.25) is 0 Å². The van der Waals surface area contributed by atoms with Crippen LogP contribution in [0.5, 0.6) is 0 Å². The molecule has 1 aliphatic carbocycles. The van der Waals surface area contributed by atoms with Gasteiger partial charge in [-0.25, -0.2) is 0 Å². The second-order valence-corrected chi connectivity index (χ2v) is 7.33. The molecule has 0 heteroatoms. The summed E-state index contributed by atoms with van der Waals surface area (Å²) < 4.78 is 0. The molecule has 0 heterocycles. The number of allylic oxidation sites excluding steroid dienone is 8. The van der Waals surface area contributed by atoms with E-state index < -0.39 is 0 Å². The minimum atomic E-state index is 0.0241. The molecule has 0 aromatic rings. The third-order valence-corrected chi connectivity index (χ3v) is 6.95. The van der Waals surface area contributed by atoms with Crippen molar-refractivity contribution in [3.8, 4) is 0 Å². The summed E-state index contributed by atoms with van der Waals surface area (Å²) >= 11 is 0. The van der Waals surface area contributed by atoms with Crippen molar-refractivity contribution in [2.45, 2.75) is 67.2 Å². The van der Waals surface area contributed by atoms with Crippen molar-refractivity contribution >= 4 is 0 Å². The van der Waals surface area contributed by atoms with Gasteiger partial charge in [-0.2, -0.15) is 0 Å². The van der Waals surface area contributed by atoms with Crippen LogP contribution in [0.1, 0.15) is 67.2 Å². The number of hydrogen-bond acceptors (Lipinski definition) is 0. The topological polar surface area (TPSA) is 0 Å². The average Bonchev–Trinajstić information content (AvgIpc) is 2.75. The molecule has 0 aromatic heterocycles. The first-order valence-electron chi connectivity index (χ1n) is 9.21. The fourth-order valence-electron chi connectivity index (χ4n) is 4.91. The summed E-state index contributed by atoms with van der Waals surface area (Å²) in [5, 5.41) is 0. The lowest BCUT2D eigenvalue weighted by atomic mass is 9.47. The molecule has 0 nitrogen and oxygen atoms in total. The molecule has 0 atom stereocenters. The molecule has 128 valence electrons. The van der Waals surface area contributed by atoms with E-state index in [0.717, 1.165) is 11.1 Å². The molecule has 0 fully saturated rings. The Balaban J connectivity index is 3.56. The fraction of sp³-hybridized carbons (Fsp3) is 0.565. The maximum atomic E-state index is 3.96. The summed E-state index contributed by atoms with van der Waals surface area (Å²) in [5.41, 5.74) is 2.90. The van der Waals surface area contributed by atoms with Crippen LogP contribution in [-0.2, 0) is 0 Å². The first kappa shape index (κ1) is 19.7. The Morgan fingerprint density at radius 2 is 1.26 bits per heavy atom. The van der Waals surface area contributed by atoms with E-state index in [-0.39, 0.29) is 10.8 Å². The Labute approximate surface area is 144 Å². The Bertz CT molecular complexity index is 488. The first-order chi connectivity index (χ1) is 10.8. The predicted molar refractivity (Wildman–Crippen MR) is 106 cm³/mol. The van der Waals surface area contributed by atoms with E-state index in [9.17, 15) is 0 Å². The van der Waals surface area contributed by atoms with Gasteiger partial charge in [0.25, 0.3) is 0 Å². The van der Waals surface area contributed by atoms with Crippen LogP contribution in [0.25, 0.3) is 0 Å². The van der Waals surface area contributed by atoms with Gasteiger partial charge in [0.15, 0.2) is 0 Å². The van der Waals surface area contributed by atoms with E-state index >= 15 is 0 Å². The Morgan fingerprint density at radius 1 is 0.870 bits per heavy atom. The molecule has 0 N–H and O–H groups in total. The van der Waals surface area contributed by atoms with Gasteiger partial charge in [-0.05, 0) is 34.8 Å². The molecule has 0 spiro atoms. The van der Waals surface area contributed by atoms with Crippen LogP contribution in [0.2, 0.25) is 0 Å². The second-order valence-electron chi connectivity index (χ2n) is 7.33. The van der Waals surface area contributed by atoms with Gasteiger partial charge < -0.3 is 0 Å². The lowest BCUT2D eigenvalue weighted by Crippen LogP contribution is -2.49. The van der Waals surface area contributed by atoms with Crippen LogP contribution >= 0.6 is 0 Å². The van der Waals surface area contributed by atoms with Crippen LogP contribution < -0.4 is 0 Å². The van der Waals surface area contributed by atoms with Gasteiger partial charge in [0, 0.05) is 5.41 Å². The number of hydrogen-bond donors (Lipinski definition) is 0. The van der Waals surface area contributed by atoms with Gasteiger partial charge in [0.05, 0.1) is 0 Å². The molecule has 0 aromatic carbocycles. The fourth-order valence-corrected chi connectivity index (χ4v) is 4.91. The molecule has 0 bridgehead atoms. The molecule has 0 radical (unpaired) electrons. The Morgan fingerprint density at radius 3 is 1.52 bits per heavy atom. The zero-order valence-electron chi connectivity index (χ0n) is 16.2. The molecule has 1 rings (SSSR count). The standard InChI is InChI=1S/C23H36/c1-9-19-15-17-22(8,18-16-20(19)10-2)23(13-5,14-6)21(7,11-3)12-4/h9-10,15-18H,1-2,11-14H2,3-8H3. The summed E-state index contributed by atoms with van der Waals surface area (Å²) in [6.07, 6.45) is 18.0. The Hall–Kier alpha value is -1.30. The van der Waals surface area contributed by atoms with E-state index in [4.69, 9.17) is 0 Å². The summed E-state index contributed by atoms with van der Waals surface area (Å²) in [6, 6.07) is 0. The summed E-state index contributed by atoms with van der Waals surface area (Å²) in [5.74, 6) is 0. The minimum absolute atomic E-state index is 0.0241. The minimum Gasteiger partial charge on any atom is -0.0984 e. The van der Waals surface area contributed by atoms with Crippen molar-refractivity contribution in [1.29, 1.82) is 0 Å². The van der Waals surface area contributed by atoms with E-state index in [2.05, 4.69) is 79.0 Å². The van der Waals surface area contributed by atoms with E-state index in [1.807, 2.05) is 12.2 Å². The van der Waals surface area contributed by atoms with Crippen molar-refractivity contribution in [1.82, 2.24) is 0 Å². The highest BCUT2D eigenvalue weighted by Crippen LogP contribution is 2.61. The largest absolute Gasteiger partial charge is 0.0984 e. The third kappa shape index (κ3) is 3.05. The molecular formula is C23H36. The van der Waals surface area contributed by atoms with Crippen molar-refractivity contribution in [3.63, 3.8) is 0 Å². The molecular weight excluding hydrogens is 276 g/mol. The zero-order valence-corrected chi connectivity index (χ0v) is 16.2. The maximum absolute atomic E-state index is 3.96. The van der Waals surface area contributed by atoms with Gasteiger partial charge in [-0.3, -0.25) is 0 Å². The molecule has 0 saturated heterocycles. The first-order valence-corrected chi connectivity index (χ1v) is 9.21. The van der Waals surface area contributed by atoms with Crippen molar-refractivity contribution in [2.75, 3.05) is 0 Å². The van der Waals surface area contributed by atoms with E-state index in [1.165, 1.54) is 25.7 Å². The van der Waals surface area contributed by atoms with E-state index in [0.29, 0.717) is 5.41 Å². The summed E-state index contributed by atoms with van der Waals surface area (Å²) in [4.78, 5) is 0. The van der Waals surface area contributed by atoms with Gasteiger partial charge >= 0.3 is 0 Å². The quantitative estimate of drug-likeness (QED) is 0.437. The van der Waals surface area contributed by atoms with Gasteiger partial charge in [-0.1, -0.05) is 104 Å². The zero-order chi connectivity index (χ0) is 17.7. The second kappa shape index (κ2) is 7.51. The molecule has 0 amide bonds. The average molecular weight is 313 g/mol. The molecule has 0 unspecified atom stereocenters. The van der Waals surface area contributed by atoms with Gasteiger partial charge in [-0.15, -0.1) is 0 Å². The molecule has 1 aliphatic rings. The predicted octanol–water partition coefficient (Wildman–Crippen LogP) is 7.42. The van der Waals surface area contributed by atoms with Crippen molar-refractivity contribution in [2.24, 2.45) is 16.2 Å². The molecule has 0 aliphatic heterocycles. The smallest absolute Gasteiger partial charge is 0.0101 e. The number of rotatable bonds is 8. The SMILES string of the molecule is C=CC1=C(C=C)C=CC(C)(C(CC)(CC)C(C)(CC)CC)C=C1. The van der Waals surface area contributed by atoms with Crippen LogP contribution in [0, 0.1) is 16.2 Å². The maximum Gasteiger partial charge on any atom is 0.0101 e. The summed E-state index contributed by atoms with van der Waals surface area (Å²) in [6.45, 7) is 22.2. The summed E-state index contributed by atoms with van der Waals surface area (Å²) in [7, 11) is 0. The monoisotopic (exact) mass is 312 g/mol. The van der Waals surface area contributed by atoms with Crippen molar-refractivity contribution in [3.05, 3.63) is 60.8 Å². The highest BCUT2D eigenvalue weighted by molar-refractivity contribution is 5.49. The lowest BCUT2D eigenvalue weighted by molar-refractivity contribution is -0.0378. The highest BCUT2D eigenvalue weighted by atomic mass is 14.6. The lowest BCUT2D eigenvalue weighted by Gasteiger charge is -2.56. The van der Waals surface area contributed by atoms with Crippen LogP contribution in [0.4, 0.5) is 0 Å². The third-order valence-electron chi connectivity index (χ3n) is 6.95.